The van der Waals surface area contributed by atoms with Gasteiger partial charge >= 0.3 is 0 Å². The molecule has 2 aromatic heterocycles. The SMILES string of the molecule is CC(CN)C(N)c1ccc(-c2cccnc2)cn1. The summed E-state index contributed by atoms with van der Waals surface area (Å²) in [6.45, 7) is 2.59. The van der Waals surface area contributed by atoms with Gasteiger partial charge in [0, 0.05) is 29.7 Å². The van der Waals surface area contributed by atoms with Crippen LogP contribution in [0.2, 0.25) is 0 Å². The summed E-state index contributed by atoms with van der Waals surface area (Å²) in [6, 6.07) is 7.78. The first-order valence-corrected chi connectivity index (χ1v) is 6.04. The van der Waals surface area contributed by atoms with Crippen LogP contribution in [-0.2, 0) is 0 Å². The molecular weight excluding hydrogens is 224 g/mol. The molecule has 4 heteroatoms. The van der Waals surface area contributed by atoms with Gasteiger partial charge < -0.3 is 11.5 Å². The van der Waals surface area contributed by atoms with E-state index in [-0.39, 0.29) is 12.0 Å². The van der Waals surface area contributed by atoms with Gasteiger partial charge in [0.2, 0.25) is 0 Å². The van der Waals surface area contributed by atoms with Crippen LogP contribution in [0.3, 0.4) is 0 Å². The molecule has 0 fully saturated rings. The van der Waals surface area contributed by atoms with Crippen LogP contribution in [0.4, 0.5) is 0 Å². The Morgan fingerprint density at radius 1 is 1.17 bits per heavy atom. The van der Waals surface area contributed by atoms with Crippen molar-refractivity contribution in [2.75, 3.05) is 6.54 Å². The van der Waals surface area contributed by atoms with Crippen molar-refractivity contribution in [3.05, 3.63) is 48.5 Å². The zero-order valence-corrected chi connectivity index (χ0v) is 10.5. The van der Waals surface area contributed by atoms with Crippen molar-refractivity contribution in [3.63, 3.8) is 0 Å². The molecule has 2 aromatic rings. The second-order valence-electron chi connectivity index (χ2n) is 4.45. The molecule has 4 N–H and O–H groups in total. The van der Waals surface area contributed by atoms with E-state index in [4.69, 9.17) is 11.5 Å². The maximum atomic E-state index is 6.08. The van der Waals surface area contributed by atoms with E-state index in [2.05, 4.69) is 9.97 Å². The number of nitrogens with two attached hydrogens (primary N) is 2. The molecule has 2 atom stereocenters. The first-order chi connectivity index (χ1) is 8.72. The third kappa shape index (κ3) is 2.72. The van der Waals surface area contributed by atoms with Crippen LogP contribution < -0.4 is 11.5 Å². The van der Waals surface area contributed by atoms with Crippen LogP contribution in [0, 0.1) is 5.92 Å². The van der Waals surface area contributed by atoms with Gasteiger partial charge in [-0.05, 0) is 24.6 Å². The lowest BCUT2D eigenvalue weighted by Gasteiger charge is -2.17. The Morgan fingerprint density at radius 2 is 1.94 bits per heavy atom. The molecule has 0 radical (unpaired) electrons. The summed E-state index contributed by atoms with van der Waals surface area (Å²) in [5, 5.41) is 0. The Balaban J connectivity index is 2.20. The van der Waals surface area contributed by atoms with E-state index in [0.29, 0.717) is 6.54 Å². The third-order valence-corrected chi connectivity index (χ3v) is 3.11. The Morgan fingerprint density at radius 3 is 2.50 bits per heavy atom. The fourth-order valence-corrected chi connectivity index (χ4v) is 1.74. The van der Waals surface area contributed by atoms with Gasteiger partial charge in [0.05, 0.1) is 11.7 Å². The molecule has 0 amide bonds. The Hall–Kier alpha value is -1.78. The maximum Gasteiger partial charge on any atom is 0.0574 e. The Kier molecular flexibility index (Phi) is 4.02. The van der Waals surface area contributed by atoms with Gasteiger partial charge in [0.1, 0.15) is 0 Å². The summed E-state index contributed by atoms with van der Waals surface area (Å²) in [7, 11) is 0. The van der Waals surface area contributed by atoms with Gasteiger partial charge in [-0.1, -0.05) is 19.1 Å². The average molecular weight is 242 g/mol. The van der Waals surface area contributed by atoms with Crippen LogP contribution >= 0.6 is 0 Å². The molecule has 18 heavy (non-hydrogen) atoms. The van der Waals surface area contributed by atoms with Gasteiger partial charge in [0.15, 0.2) is 0 Å². The van der Waals surface area contributed by atoms with Crippen LogP contribution in [0.25, 0.3) is 11.1 Å². The average Bonchev–Trinajstić information content (AvgIpc) is 2.47. The largest absolute Gasteiger partial charge is 0.330 e. The minimum atomic E-state index is -0.113. The van der Waals surface area contributed by atoms with Crippen molar-refractivity contribution >= 4 is 0 Å². The van der Waals surface area contributed by atoms with Crippen molar-refractivity contribution in [1.29, 1.82) is 0 Å². The predicted molar refractivity (Wildman–Crippen MR) is 72.6 cm³/mol. The highest BCUT2D eigenvalue weighted by Crippen LogP contribution is 2.21. The van der Waals surface area contributed by atoms with E-state index in [1.807, 2.05) is 43.6 Å². The summed E-state index contributed by atoms with van der Waals surface area (Å²) in [5.74, 6) is 0.224. The molecule has 0 aliphatic heterocycles. The number of pyridine rings is 2. The highest BCUT2D eigenvalue weighted by molar-refractivity contribution is 5.61. The molecule has 4 nitrogen and oxygen atoms in total. The minimum absolute atomic E-state index is 0.113. The van der Waals surface area contributed by atoms with E-state index in [0.717, 1.165) is 16.8 Å². The van der Waals surface area contributed by atoms with Gasteiger partial charge in [-0.3, -0.25) is 9.97 Å². The molecule has 94 valence electrons. The topological polar surface area (TPSA) is 77.8 Å². The molecule has 0 aromatic carbocycles. The lowest BCUT2D eigenvalue weighted by atomic mass is 9.99. The normalized spacial score (nSPS) is 14.2. The number of rotatable bonds is 4. The molecule has 0 bridgehead atoms. The molecule has 0 saturated carbocycles. The number of nitrogens with zero attached hydrogens (tertiary/aromatic N) is 2. The second kappa shape index (κ2) is 5.71. The molecule has 2 unspecified atom stereocenters. The predicted octanol–water partition coefficient (Wildman–Crippen LogP) is 1.74. The molecule has 2 rings (SSSR count). The first kappa shape index (κ1) is 12.7. The van der Waals surface area contributed by atoms with E-state index in [9.17, 15) is 0 Å². The van der Waals surface area contributed by atoms with E-state index >= 15 is 0 Å². The van der Waals surface area contributed by atoms with Gasteiger partial charge in [0.25, 0.3) is 0 Å². The standard InChI is InChI=1S/C14H18N4/c1-10(7-15)14(16)13-5-4-12(9-18-13)11-3-2-6-17-8-11/h2-6,8-10,14H,7,15-16H2,1H3. The number of hydrogen-bond acceptors (Lipinski definition) is 4. The van der Waals surface area contributed by atoms with E-state index < -0.39 is 0 Å². The van der Waals surface area contributed by atoms with Crippen molar-refractivity contribution in [3.8, 4) is 11.1 Å². The molecule has 0 saturated heterocycles. The Labute approximate surface area is 107 Å². The lowest BCUT2D eigenvalue weighted by molar-refractivity contribution is 0.472. The first-order valence-electron chi connectivity index (χ1n) is 6.04. The fraction of sp³-hybridized carbons (Fsp3) is 0.286. The zero-order valence-electron chi connectivity index (χ0n) is 10.5. The van der Waals surface area contributed by atoms with Crippen molar-refractivity contribution in [2.24, 2.45) is 17.4 Å². The smallest absolute Gasteiger partial charge is 0.0574 e. The van der Waals surface area contributed by atoms with Gasteiger partial charge in [-0.25, -0.2) is 0 Å². The monoisotopic (exact) mass is 242 g/mol. The summed E-state index contributed by atoms with van der Waals surface area (Å²) >= 11 is 0. The highest BCUT2D eigenvalue weighted by Gasteiger charge is 2.14. The minimum Gasteiger partial charge on any atom is -0.330 e. The van der Waals surface area contributed by atoms with Crippen LogP contribution in [-0.4, -0.2) is 16.5 Å². The fourth-order valence-electron chi connectivity index (χ4n) is 1.74. The second-order valence-corrected chi connectivity index (χ2v) is 4.45. The van der Waals surface area contributed by atoms with E-state index in [1.54, 1.807) is 6.20 Å². The number of hydrogen-bond donors (Lipinski definition) is 2. The molecule has 0 aliphatic rings. The third-order valence-electron chi connectivity index (χ3n) is 3.11. The van der Waals surface area contributed by atoms with Gasteiger partial charge in [-0.2, -0.15) is 0 Å². The van der Waals surface area contributed by atoms with E-state index in [1.165, 1.54) is 0 Å². The number of aromatic nitrogens is 2. The Bertz CT molecular complexity index is 481. The molecule has 0 spiro atoms. The lowest BCUT2D eigenvalue weighted by Crippen LogP contribution is -2.26. The zero-order chi connectivity index (χ0) is 13.0. The summed E-state index contributed by atoms with van der Waals surface area (Å²) in [4.78, 5) is 8.51. The van der Waals surface area contributed by atoms with Gasteiger partial charge in [-0.15, -0.1) is 0 Å². The van der Waals surface area contributed by atoms with Crippen molar-refractivity contribution in [2.45, 2.75) is 13.0 Å². The van der Waals surface area contributed by atoms with Crippen LogP contribution in [0.1, 0.15) is 18.7 Å². The molecule has 2 heterocycles. The van der Waals surface area contributed by atoms with Crippen molar-refractivity contribution < 1.29 is 0 Å². The van der Waals surface area contributed by atoms with Crippen LogP contribution in [0.15, 0.2) is 42.9 Å². The molecular formula is C14H18N4. The summed E-state index contributed by atoms with van der Waals surface area (Å²) in [5.41, 5.74) is 14.7. The maximum absolute atomic E-state index is 6.08. The summed E-state index contributed by atoms with van der Waals surface area (Å²) < 4.78 is 0. The molecule has 0 aliphatic carbocycles. The highest BCUT2D eigenvalue weighted by atomic mass is 14.8. The quantitative estimate of drug-likeness (QED) is 0.856. The van der Waals surface area contributed by atoms with Crippen molar-refractivity contribution in [1.82, 2.24) is 9.97 Å². The van der Waals surface area contributed by atoms with Crippen LogP contribution in [0.5, 0.6) is 0 Å². The summed E-state index contributed by atoms with van der Waals surface area (Å²) in [6.07, 6.45) is 5.40.